The van der Waals surface area contributed by atoms with E-state index in [4.69, 9.17) is 0 Å². The van der Waals surface area contributed by atoms with Crippen LogP contribution in [0.1, 0.15) is 49.0 Å². The van der Waals surface area contributed by atoms with Gasteiger partial charge in [-0.15, -0.1) is 0 Å². The maximum atomic E-state index is 13.7. The van der Waals surface area contributed by atoms with Gasteiger partial charge in [-0.3, -0.25) is 4.79 Å². The summed E-state index contributed by atoms with van der Waals surface area (Å²) in [6.07, 6.45) is 2.61. The average Bonchev–Trinajstić information content (AvgIpc) is 2.36. The van der Waals surface area contributed by atoms with Crippen LogP contribution in [-0.4, -0.2) is 5.78 Å². The summed E-state index contributed by atoms with van der Waals surface area (Å²) in [7, 11) is 0. The van der Waals surface area contributed by atoms with Crippen molar-refractivity contribution >= 4 is 5.78 Å². The second kappa shape index (κ2) is 5.40. The van der Waals surface area contributed by atoms with Gasteiger partial charge >= 0.3 is 0 Å². The van der Waals surface area contributed by atoms with Crippen molar-refractivity contribution in [3.05, 3.63) is 34.9 Å². The molecule has 1 aliphatic carbocycles. The predicted octanol–water partition coefficient (Wildman–Crippen LogP) is 4.53. The van der Waals surface area contributed by atoms with E-state index in [2.05, 4.69) is 13.8 Å². The van der Waals surface area contributed by atoms with Crippen molar-refractivity contribution in [2.45, 2.75) is 40.0 Å². The van der Waals surface area contributed by atoms with Gasteiger partial charge in [-0.25, -0.2) is 8.78 Å². The van der Waals surface area contributed by atoms with Gasteiger partial charge in [0.1, 0.15) is 11.6 Å². The lowest BCUT2D eigenvalue weighted by molar-refractivity contribution is 0.0833. The summed E-state index contributed by atoms with van der Waals surface area (Å²) < 4.78 is 27.0. The van der Waals surface area contributed by atoms with E-state index in [1.807, 2.05) is 0 Å². The van der Waals surface area contributed by atoms with E-state index in [-0.39, 0.29) is 17.3 Å². The van der Waals surface area contributed by atoms with Gasteiger partial charge in [0.25, 0.3) is 0 Å². The van der Waals surface area contributed by atoms with Crippen LogP contribution < -0.4 is 0 Å². The molecule has 1 aromatic rings. The zero-order valence-corrected chi connectivity index (χ0v) is 11.7. The molecule has 1 fully saturated rings. The summed E-state index contributed by atoms with van der Waals surface area (Å²) in [6.45, 7) is 5.88. The zero-order valence-electron chi connectivity index (χ0n) is 11.7. The van der Waals surface area contributed by atoms with E-state index in [0.29, 0.717) is 17.4 Å². The summed E-state index contributed by atoms with van der Waals surface area (Å²) in [5.74, 6) is -0.528. The minimum atomic E-state index is -0.737. The largest absolute Gasteiger partial charge is 0.294 e. The number of ketones is 1. The van der Waals surface area contributed by atoms with Gasteiger partial charge in [-0.2, -0.15) is 0 Å². The molecule has 1 aliphatic rings. The van der Waals surface area contributed by atoms with Crippen LogP contribution in [0, 0.1) is 36.3 Å². The molecule has 0 radical (unpaired) electrons. The van der Waals surface area contributed by atoms with E-state index in [1.54, 1.807) is 6.92 Å². The Morgan fingerprint density at radius 1 is 1.11 bits per heavy atom. The molecule has 3 atom stereocenters. The molecule has 2 rings (SSSR count). The molecule has 104 valence electrons. The molecule has 0 N–H and O–H groups in total. The van der Waals surface area contributed by atoms with E-state index in [0.717, 1.165) is 25.3 Å². The maximum absolute atomic E-state index is 13.7. The topological polar surface area (TPSA) is 17.1 Å². The molecular weight excluding hydrogens is 246 g/mol. The molecule has 0 spiro atoms. The van der Waals surface area contributed by atoms with Crippen molar-refractivity contribution in [1.82, 2.24) is 0 Å². The summed E-state index contributed by atoms with van der Waals surface area (Å²) >= 11 is 0. The number of aryl methyl sites for hydroxylation is 1. The molecule has 1 nitrogen and oxygen atoms in total. The standard InChI is InChI=1S/C16H20F2O/c1-9-4-5-12(6-10(9)2)16(19)13-7-11(3)14(17)8-15(13)18/h7-10,12H,4-6H2,1-3H3. The Hall–Kier alpha value is -1.25. The third kappa shape index (κ3) is 2.85. The molecule has 3 heteroatoms. The van der Waals surface area contributed by atoms with Crippen molar-refractivity contribution in [2.24, 2.45) is 17.8 Å². The Morgan fingerprint density at radius 2 is 1.79 bits per heavy atom. The Bertz CT molecular complexity index is 496. The van der Waals surface area contributed by atoms with Crippen molar-refractivity contribution in [3.63, 3.8) is 0 Å². The quantitative estimate of drug-likeness (QED) is 0.719. The first-order valence-electron chi connectivity index (χ1n) is 6.90. The van der Waals surface area contributed by atoms with Crippen LogP contribution in [0.3, 0.4) is 0 Å². The van der Waals surface area contributed by atoms with Gasteiger partial charge in [0, 0.05) is 12.0 Å². The lowest BCUT2D eigenvalue weighted by Crippen LogP contribution is -2.27. The van der Waals surface area contributed by atoms with Gasteiger partial charge in [-0.1, -0.05) is 13.8 Å². The fourth-order valence-corrected chi connectivity index (χ4v) is 2.85. The van der Waals surface area contributed by atoms with E-state index in [9.17, 15) is 13.6 Å². The fraction of sp³-hybridized carbons (Fsp3) is 0.562. The van der Waals surface area contributed by atoms with Crippen LogP contribution in [0.15, 0.2) is 12.1 Å². The van der Waals surface area contributed by atoms with E-state index >= 15 is 0 Å². The highest BCUT2D eigenvalue weighted by Gasteiger charge is 2.31. The highest BCUT2D eigenvalue weighted by Crippen LogP contribution is 2.35. The van der Waals surface area contributed by atoms with Gasteiger partial charge in [0.05, 0.1) is 5.56 Å². The zero-order chi connectivity index (χ0) is 14.2. The minimum Gasteiger partial charge on any atom is -0.294 e. The van der Waals surface area contributed by atoms with Crippen molar-refractivity contribution in [2.75, 3.05) is 0 Å². The fourth-order valence-electron chi connectivity index (χ4n) is 2.85. The number of carbonyl (C=O) groups is 1. The molecule has 0 aromatic heterocycles. The van der Waals surface area contributed by atoms with Crippen LogP contribution in [-0.2, 0) is 0 Å². The summed E-state index contributed by atoms with van der Waals surface area (Å²) in [4.78, 5) is 12.4. The van der Waals surface area contributed by atoms with Gasteiger partial charge < -0.3 is 0 Å². The molecule has 3 unspecified atom stereocenters. The van der Waals surface area contributed by atoms with Gasteiger partial charge in [0.2, 0.25) is 0 Å². The monoisotopic (exact) mass is 266 g/mol. The highest BCUT2D eigenvalue weighted by molar-refractivity contribution is 5.98. The third-order valence-corrected chi connectivity index (χ3v) is 4.48. The molecule has 0 aliphatic heterocycles. The number of rotatable bonds is 2. The van der Waals surface area contributed by atoms with E-state index in [1.165, 1.54) is 6.07 Å². The Labute approximate surface area is 113 Å². The van der Waals surface area contributed by atoms with Crippen molar-refractivity contribution in [3.8, 4) is 0 Å². The number of carbonyl (C=O) groups excluding carboxylic acids is 1. The Morgan fingerprint density at radius 3 is 2.42 bits per heavy atom. The Balaban J connectivity index is 2.23. The summed E-state index contributed by atoms with van der Waals surface area (Å²) in [5, 5.41) is 0. The van der Waals surface area contributed by atoms with Crippen LogP contribution in [0.5, 0.6) is 0 Å². The van der Waals surface area contributed by atoms with Gasteiger partial charge in [0.15, 0.2) is 5.78 Å². The second-order valence-corrected chi connectivity index (χ2v) is 5.91. The highest BCUT2D eigenvalue weighted by atomic mass is 19.1. The third-order valence-electron chi connectivity index (χ3n) is 4.48. The molecular formula is C16H20F2O. The SMILES string of the molecule is Cc1cc(C(=O)C2CCC(C)C(C)C2)c(F)cc1F. The minimum absolute atomic E-state index is 0.0469. The van der Waals surface area contributed by atoms with Crippen LogP contribution in [0.25, 0.3) is 0 Å². The number of benzene rings is 1. The molecule has 1 saturated carbocycles. The maximum Gasteiger partial charge on any atom is 0.168 e. The van der Waals surface area contributed by atoms with Crippen LogP contribution >= 0.6 is 0 Å². The average molecular weight is 266 g/mol. The normalized spacial score (nSPS) is 27.3. The number of Topliss-reactive ketones (excluding diaryl/α,β-unsaturated/α-hetero) is 1. The Kier molecular flexibility index (Phi) is 4.02. The second-order valence-electron chi connectivity index (χ2n) is 5.91. The first-order valence-corrected chi connectivity index (χ1v) is 6.90. The van der Waals surface area contributed by atoms with Gasteiger partial charge in [-0.05, 0) is 49.7 Å². The molecule has 0 bridgehead atoms. The molecule has 0 saturated heterocycles. The van der Waals surface area contributed by atoms with Crippen molar-refractivity contribution in [1.29, 1.82) is 0 Å². The molecule has 0 heterocycles. The van der Waals surface area contributed by atoms with Crippen LogP contribution in [0.4, 0.5) is 8.78 Å². The lowest BCUT2D eigenvalue weighted by Gasteiger charge is -2.31. The number of halogens is 2. The summed E-state index contributed by atoms with van der Waals surface area (Å²) in [6, 6.07) is 2.16. The number of hydrogen-bond donors (Lipinski definition) is 0. The molecule has 0 amide bonds. The molecule has 1 aromatic carbocycles. The van der Waals surface area contributed by atoms with E-state index < -0.39 is 11.6 Å². The smallest absolute Gasteiger partial charge is 0.168 e. The van der Waals surface area contributed by atoms with Crippen LogP contribution in [0.2, 0.25) is 0 Å². The molecule has 19 heavy (non-hydrogen) atoms. The number of hydrogen-bond acceptors (Lipinski definition) is 1. The lowest BCUT2D eigenvalue weighted by atomic mass is 9.73. The summed E-state index contributed by atoms with van der Waals surface area (Å²) in [5.41, 5.74) is 0.368. The predicted molar refractivity (Wildman–Crippen MR) is 71.1 cm³/mol. The first kappa shape index (κ1) is 14.2. The van der Waals surface area contributed by atoms with Crippen molar-refractivity contribution < 1.29 is 13.6 Å². The first-order chi connectivity index (χ1) is 8.90.